The minimum absolute atomic E-state index is 0.00822. The van der Waals surface area contributed by atoms with Gasteiger partial charge >= 0.3 is 6.03 Å². The molecule has 6 heteroatoms. The van der Waals surface area contributed by atoms with Crippen LogP contribution in [0.2, 0.25) is 0 Å². The summed E-state index contributed by atoms with van der Waals surface area (Å²) in [6, 6.07) is 7.93. The maximum atomic E-state index is 12.2. The predicted molar refractivity (Wildman–Crippen MR) is 93.4 cm³/mol. The first-order valence-corrected chi connectivity index (χ1v) is 8.43. The molecule has 1 heterocycles. The molecule has 3 N–H and O–H groups in total. The SMILES string of the molecule is COc1ccccc1N1CC[C@@H](NC(=O)N[C@@H]2C=C[C@H](CO)C2)C1. The highest BCUT2D eigenvalue weighted by molar-refractivity contribution is 5.75. The molecule has 0 radical (unpaired) electrons. The fourth-order valence-electron chi connectivity index (χ4n) is 3.40. The van der Waals surface area contributed by atoms with Gasteiger partial charge in [-0.05, 0) is 25.0 Å². The number of carbonyl (C=O) groups excluding carboxylic acids is 1. The van der Waals surface area contributed by atoms with Gasteiger partial charge in [-0.2, -0.15) is 0 Å². The Hall–Kier alpha value is -2.21. The third-order valence-electron chi connectivity index (χ3n) is 4.67. The molecule has 1 aromatic carbocycles. The van der Waals surface area contributed by atoms with E-state index >= 15 is 0 Å². The number of rotatable bonds is 5. The van der Waals surface area contributed by atoms with Gasteiger partial charge in [0.25, 0.3) is 0 Å². The highest BCUT2D eigenvalue weighted by Crippen LogP contribution is 2.30. The maximum absolute atomic E-state index is 12.2. The average Bonchev–Trinajstić information content (AvgIpc) is 3.24. The van der Waals surface area contributed by atoms with Crippen molar-refractivity contribution in [2.75, 3.05) is 31.7 Å². The Bertz CT molecular complexity index is 605. The number of methoxy groups -OCH3 is 1. The molecule has 1 aliphatic heterocycles. The quantitative estimate of drug-likeness (QED) is 0.715. The largest absolute Gasteiger partial charge is 0.495 e. The van der Waals surface area contributed by atoms with E-state index in [1.54, 1.807) is 7.11 Å². The number of urea groups is 1. The van der Waals surface area contributed by atoms with Crippen molar-refractivity contribution in [2.24, 2.45) is 5.92 Å². The number of nitrogens with one attached hydrogen (secondary N) is 2. The summed E-state index contributed by atoms with van der Waals surface area (Å²) < 4.78 is 5.41. The zero-order valence-electron chi connectivity index (χ0n) is 13.9. The van der Waals surface area contributed by atoms with Gasteiger partial charge in [-0.1, -0.05) is 24.3 Å². The minimum Gasteiger partial charge on any atom is -0.495 e. The number of hydrogen-bond donors (Lipinski definition) is 3. The Kier molecular flexibility index (Phi) is 5.25. The highest BCUT2D eigenvalue weighted by Gasteiger charge is 2.27. The molecule has 6 nitrogen and oxygen atoms in total. The lowest BCUT2D eigenvalue weighted by Gasteiger charge is -2.22. The summed E-state index contributed by atoms with van der Waals surface area (Å²) >= 11 is 0. The molecule has 1 aromatic rings. The fourth-order valence-corrected chi connectivity index (χ4v) is 3.40. The van der Waals surface area contributed by atoms with Crippen LogP contribution in [0.15, 0.2) is 36.4 Å². The van der Waals surface area contributed by atoms with Gasteiger partial charge in [0.15, 0.2) is 0 Å². The van der Waals surface area contributed by atoms with E-state index in [9.17, 15) is 4.79 Å². The van der Waals surface area contributed by atoms with E-state index in [2.05, 4.69) is 15.5 Å². The van der Waals surface area contributed by atoms with Crippen LogP contribution in [0.1, 0.15) is 12.8 Å². The Morgan fingerprint density at radius 3 is 2.92 bits per heavy atom. The molecule has 0 bridgehead atoms. The molecule has 2 amide bonds. The zero-order valence-corrected chi connectivity index (χ0v) is 13.9. The van der Waals surface area contributed by atoms with E-state index in [0.29, 0.717) is 0 Å². The smallest absolute Gasteiger partial charge is 0.315 e. The fraction of sp³-hybridized carbons (Fsp3) is 0.500. The zero-order chi connectivity index (χ0) is 16.9. The number of nitrogens with zero attached hydrogens (tertiary/aromatic N) is 1. The van der Waals surface area contributed by atoms with Gasteiger partial charge in [0, 0.05) is 37.7 Å². The number of carbonyl (C=O) groups is 1. The summed E-state index contributed by atoms with van der Waals surface area (Å²) in [5, 5.41) is 15.1. The van der Waals surface area contributed by atoms with Crippen LogP contribution in [-0.2, 0) is 0 Å². The van der Waals surface area contributed by atoms with Crippen molar-refractivity contribution in [1.29, 1.82) is 0 Å². The minimum atomic E-state index is -0.143. The summed E-state index contributed by atoms with van der Waals surface area (Å²) in [6.07, 6.45) is 5.59. The number of benzene rings is 1. The van der Waals surface area contributed by atoms with Crippen molar-refractivity contribution in [1.82, 2.24) is 10.6 Å². The first kappa shape index (κ1) is 16.6. The van der Waals surface area contributed by atoms with Crippen LogP contribution in [0.25, 0.3) is 0 Å². The first-order chi connectivity index (χ1) is 11.7. The lowest BCUT2D eigenvalue weighted by atomic mass is 10.1. The molecule has 0 spiro atoms. The average molecular weight is 331 g/mol. The summed E-state index contributed by atoms with van der Waals surface area (Å²) in [5.41, 5.74) is 1.06. The molecule has 0 unspecified atom stereocenters. The second-order valence-corrected chi connectivity index (χ2v) is 6.39. The van der Waals surface area contributed by atoms with Crippen molar-refractivity contribution in [3.05, 3.63) is 36.4 Å². The molecule has 1 fully saturated rings. The van der Waals surface area contributed by atoms with Crippen LogP contribution in [0.3, 0.4) is 0 Å². The van der Waals surface area contributed by atoms with Gasteiger partial charge in [-0.25, -0.2) is 4.79 Å². The molecular weight excluding hydrogens is 306 g/mol. The third kappa shape index (κ3) is 3.82. The molecule has 130 valence electrons. The molecule has 24 heavy (non-hydrogen) atoms. The third-order valence-corrected chi connectivity index (χ3v) is 4.67. The Morgan fingerprint density at radius 1 is 1.33 bits per heavy atom. The molecule has 2 aliphatic rings. The summed E-state index contributed by atoms with van der Waals surface area (Å²) in [6.45, 7) is 1.79. The number of anilines is 1. The number of amides is 2. The van der Waals surface area contributed by atoms with Crippen molar-refractivity contribution in [2.45, 2.75) is 24.9 Å². The van der Waals surface area contributed by atoms with Crippen LogP contribution in [0, 0.1) is 5.92 Å². The molecule has 1 aliphatic carbocycles. The van der Waals surface area contributed by atoms with Gasteiger partial charge in [-0.15, -0.1) is 0 Å². The summed E-state index contributed by atoms with van der Waals surface area (Å²) in [7, 11) is 1.67. The second-order valence-electron chi connectivity index (χ2n) is 6.39. The monoisotopic (exact) mass is 331 g/mol. The Labute approximate surface area is 142 Å². The van der Waals surface area contributed by atoms with E-state index in [4.69, 9.17) is 9.84 Å². The van der Waals surface area contributed by atoms with Crippen molar-refractivity contribution in [3.8, 4) is 5.75 Å². The molecular formula is C18H25N3O3. The lowest BCUT2D eigenvalue weighted by Crippen LogP contribution is -2.46. The van der Waals surface area contributed by atoms with Crippen LogP contribution >= 0.6 is 0 Å². The topological polar surface area (TPSA) is 73.8 Å². The van der Waals surface area contributed by atoms with Gasteiger partial charge in [0.05, 0.1) is 12.8 Å². The van der Waals surface area contributed by atoms with Crippen molar-refractivity contribution >= 4 is 11.7 Å². The van der Waals surface area contributed by atoms with E-state index < -0.39 is 0 Å². The van der Waals surface area contributed by atoms with Crippen LogP contribution in [-0.4, -0.2) is 50.0 Å². The highest BCUT2D eigenvalue weighted by atomic mass is 16.5. The van der Waals surface area contributed by atoms with Gasteiger partial charge in [0.1, 0.15) is 5.75 Å². The van der Waals surface area contributed by atoms with Gasteiger partial charge in [0.2, 0.25) is 0 Å². The normalized spacial score (nSPS) is 25.8. The molecule has 1 saturated heterocycles. The van der Waals surface area contributed by atoms with E-state index in [1.807, 2.05) is 36.4 Å². The number of aliphatic hydroxyl groups excluding tert-OH is 1. The summed E-state index contributed by atoms with van der Waals surface area (Å²) in [4.78, 5) is 14.4. The predicted octanol–water partition coefficient (Wildman–Crippen LogP) is 1.51. The Balaban J connectivity index is 1.49. The molecule has 3 rings (SSSR count). The second kappa shape index (κ2) is 7.57. The number of para-hydroxylation sites is 2. The van der Waals surface area contributed by atoms with Crippen LogP contribution in [0.4, 0.5) is 10.5 Å². The number of aliphatic hydroxyl groups is 1. The van der Waals surface area contributed by atoms with Crippen LogP contribution < -0.4 is 20.3 Å². The van der Waals surface area contributed by atoms with Crippen molar-refractivity contribution in [3.63, 3.8) is 0 Å². The molecule has 0 aromatic heterocycles. The van der Waals surface area contributed by atoms with E-state index in [-0.39, 0.29) is 30.6 Å². The first-order valence-electron chi connectivity index (χ1n) is 8.43. The van der Waals surface area contributed by atoms with E-state index in [0.717, 1.165) is 37.4 Å². The molecule has 3 atom stereocenters. The lowest BCUT2D eigenvalue weighted by molar-refractivity contribution is 0.229. The van der Waals surface area contributed by atoms with E-state index in [1.165, 1.54) is 0 Å². The molecule has 0 saturated carbocycles. The summed E-state index contributed by atoms with van der Waals surface area (Å²) in [5.74, 6) is 1.01. The Morgan fingerprint density at radius 2 is 2.17 bits per heavy atom. The standard InChI is InChI=1S/C18H25N3O3/c1-24-17-5-3-2-4-16(17)21-9-8-15(11-21)20-18(23)19-14-7-6-13(10-14)12-22/h2-7,13-15,22H,8-12H2,1H3,(H2,19,20,23)/t13-,14+,15+/m0/s1. The number of hydrogen-bond acceptors (Lipinski definition) is 4. The number of ether oxygens (including phenoxy) is 1. The van der Waals surface area contributed by atoms with Crippen LogP contribution in [0.5, 0.6) is 5.75 Å². The van der Waals surface area contributed by atoms with Gasteiger partial charge < -0.3 is 25.4 Å². The van der Waals surface area contributed by atoms with Crippen molar-refractivity contribution < 1.29 is 14.6 Å². The van der Waals surface area contributed by atoms with Gasteiger partial charge in [-0.3, -0.25) is 0 Å². The maximum Gasteiger partial charge on any atom is 0.315 e.